The number of ketones is 1. The molecule has 1 N–H and O–H groups in total. The lowest BCUT2D eigenvalue weighted by Gasteiger charge is -2.39. The maximum absolute atomic E-state index is 13.4. The van der Waals surface area contributed by atoms with Crippen LogP contribution in [-0.2, 0) is 4.79 Å². The molecule has 6 nitrogen and oxygen atoms in total. The van der Waals surface area contributed by atoms with Crippen molar-refractivity contribution in [2.75, 3.05) is 27.1 Å². The zero-order valence-electron chi connectivity index (χ0n) is 19.8. The SMILES string of the molecule is CCCCSC1=C(C#N)C(c2cc(OC)c(OC)c(OC)c2)C2=C(CC(C)(C)CC2=O)N1. The van der Waals surface area contributed by atoms with Crippen LogP contribution in [0.3, 0.4) is 0 Å². The van der Waals surface area contributed by atoms with E-state index in [1.54, 1.807) is 33.1 Å². The van der Waals surface area contributed by atoms with E-state index < -0.39 is 5.92 Å². The van der Waals surface area contributed by atoms with Crippen molar-refractivity contribution in [3.8, 4) is 23.3 Å². The Morgan fingerprint density at radius 2 is 1.81 bits per heavy atom. The number of allylic oxidation sites excluding steroid dienone is 3. The summed E-state index contributed by atoms with van der Waals surface area (Å²) in [6.07, 6.45) is 3.34. The van der Waals surface area contributed by atoms with Crippen LogP contribution < -0.4 is 19.5 Å². The lowest BCUT2D eigenvalue weighted by molar-refractivity contribution is -0.118. The second kappa shape index (κ2) is 9.91. The van der Waals surface area contributed by atoms with Gasteiger partial charge in [-0.3, -0.25) is 4.79 Å². The zero-order valence-corrected chi connectivity index (χ0v) is 20.6. The third kappa shape index (κ3) is 4.61. The molecule has 1 aliphatic heterocycles. The number of Topliss-reactive ketones (excluding diaryl/α,β-unsaturated/α-hetero) is 1. The number of benzene rings is 1. The molecule has 0 aromatic heterocycles. The number of thioether (sulfide) groups is 1. The van der Waals surface area contributed by atoms with Crippen LogP contribution >= 0.6 is 11.8 Å². The number of ether oxygens (including phenoxy) is 3. The van der Waals surface area contributed by atoms with E-state index in [2.05, 4.69) is 32.2 Å². The molecule has 1 atom stereocenters. The third-order valence-corrected chi connectivity index (χ3v) is 6.99. The number of rotatable bonds is 8. The smallest absolute Gasteiger partial charge is 0.203 e. The molecular weight excluding hydrogens is 424 g/mol. The van der Waals surface area contributed by atoms with E-state index in [1.807, 2.05) is 12.1 Å². The first kappa shape index (κ1) is 24.1. The van der Waals surface area contributed by atoms with Crippen LogP contribution in [0.1, 0.15) is 57.9 Å². The topological polar surface area (TPSA) is 80.6 Å². The summed E-state index contributed by atoms with van der Waals surface area (Å²) in [6.45, 7) is 6.37. The Labute approximate surface area is 195 Å². The van der Waals surface area contributed by atoms with Crippen molar-refractivity contribution in [3.05, 3.63) is 39.6 Å². The van der Waals surface area contributed by atoms with Gasteiger partial charge in [-0.2, -0.15) is 5.26 Å². The van der Waals surface area contributed by atoms with E-state index in [-0.39, 0.29) is 11.2 Å². The number of hydrogen-bond donors (Lipinski definition) is 1. The van der Waals surface area contributed by atoms with Crippen LogP contribution in [0.25, 0.3) is 0 Å². The van der Waals surface area contributed by atoms with E-state index in [0.29, 0.717) is 34.8 Å². The Balaban J connectivity index is 2.22. The molecule has 0 fully saturated rings. The highest BCUT2D eigenvalue weighted by atomic mass is 32.2. The van der Waals surface area contributed by atoms with Gasteiger partial charge in [0.25, 0.3) is 0 Å². The Morgan fingerprint density at radius 1 is 1.16 bits per heavy atom. The van der Waals surface area contributed by atoms with Crippen LogP contribution in [0.4, 0.5) is 0 Å². The largest absolute Gasteiger partial charge is 0.493 e. The molecule has 3 rings (SSSR count). The molecule has 1 heterocycles. The van der Waals surface area contributed by atoms with Crippen molar-refractivity contribution >= 4 is 17.5 Å². The van der Waals surface area contributed by atoms with Gasteiger partial charge < -0.3 is 19.5 Å². The fourth-order valence-electron chi connectivity index (χ4n) is 4.41. The van der Waals surface area contributed by atoms with Gasteiger partial charge in [-0.1, -0.05) is 27.2 Å². The number of hydrogen-bond acceptors (Lipinski definition) is 7. The number of nitrogens with zero attached hydrogens (tertiary/aromatic N) is 1. The normalized spacial score (nSPS) is 19.8. The minimum Gasteiger partial charge on any atom is -0.493 e. The molecule has 0 saturated heterocycles. The second-order valence-corrected chi connectivity index (χ2v) is 10.0. The summed E-state index contributed by atoms with van der Waals surface area (Å²) in [6, 6.07) is 6.10. The van der Waals surface area contributed by atoms with Crippen LogP contribution in [0.5, 0.6) is 17.2 Å². The number of carbonyl (C=O) groups is 1. The number of nitrogens with one attached hydrogen (secondary N) is 1. The Hall–Kier alpha value is -2.59. The van der Waals surface area contributed by atoms with Crippen molar-refractivity contribution in [2.45, 2.75) is 52.4 Å². The zero-order chi connectivity index (χ0) is 23.5. The van der Waals surface area contributed by atoms with E-state index in [0.717, 1.165) is 41.3 Å². The first-order valence-corrected chi connectivity index (χ1v) is 11.9. The number of carbonyl (C=O) groups excluding carboxylic acids is 1. The Kier molecular flexibility index (Phi) is 7.45. The maximum atomic E-state index is 13.4. The third-order valence-electron chi connectivity index (χ3n) is 5.89. The molecule has 1 aliphatic carbocycles. The molecule has 32 heavy (non-hydrogen) atoms. The number of unbranched alkanes of at least 4 members (excludes halogenated alkanes) is 1. The molecule has 0 amide bonds. The van der Waals surface area contributed by atoms with Gasteiger partial charge in [0, 0.05) is 17.7 Å². The molecule has 1 aromatic rings. The summed E-state index contributed by atoms with van der Waals surface area (Å²) >= 11 is 1.65. The van der Waals surface area contributed by atoms with Gasteiger partial charge in [0.2, 0.25) is 5.75 Å². The average Bonchev–Trinajstić information content (AvgIpc) is 2.76. The van der Waals surface area contributed by atoms with E-state index >= 15 is 0 Å². The Morgan fingerprint density at radius 3 is 2.34 bits per heavy atom. The molecular formula is C25H32N2O4S. The van der Waals surface area contributed by atoms with Crippen molar-refractivity contribution in [1.29, 1.82) is 5.26 Å². The monoisotopic (exact) mass is 456 g/mol. The van der Waals surface area contributed by atoms with Gasteiger partial charge in [-0.05, 0) is 41.7 Å². The fourth-order valence-corrected chi connectivity index (χ4v) is 5.56. The standard InChI is InChI=1S/C25H32N2O4S/c1-7-8-9-32-24-16(14-26)21(22-17(27-24)12-25(2,3)13-18(22)28)15-10-19(29-4)23(31-6)20(11-15)30-5/h10-11,21,27H,7-9,12-13H2,1-6H3. The molecule has 1 unspecified atom stereocenters. The van der Waals surface area contributed by atoms with Gasteiger partial charge in [0.1, 0.15) is 0 Å². The Bertz CT molecular complexity index is 979. The predicted octanol–water partition coefficient (Wildman–Crippen LogP) is 5.31. The highest BCUT2D eigenvalue weighted by molar-refractivity contribution is 8.03. The molecule has 0 saturated carbocycles. The summed E-state index contributed by atoms with van der Waals surface area (Å²) in [4.78, 5) is 13.4. The van der Waals surface area contributed by atoms with Crippen molar-refractivity contribution in [3.63, 3.8) is 0 Å². The second-order valence-electron chi connectivity index (χ2n) is 8.91. The van der Waals surface area contributed by atoms with Crippen LogP contribution in [-0.4, -0.2) is 32.9 Å². The molecule has 7 heteroatoms. The lowest BCUT2D eigenvalue weighted by atomic mass is 9.69. The fraction of sp³-hybridized carbons (Fsp3) is 0.520. The summed E-state index contributed by atoms with van der Waals surface area (Å²) in [5, 5.41) is 14.5. The molecule has 0 spiro atoms. The quantitative estimate of drug-likeness (QED) is 0.531. The van der Waals surface area contributed by atoms with Crippen molar-refractivity contribution < 1.29 is 19.0 Å². The maximum Gasteiger partial charge on any atom is 0.203 e. The van der Waals surface area contributed by atoms with E-state index in [1.165, 1.54) is 0 Å². The van der Waals surface area contributed by atoms with Gasteiger partial charge in [0.15, 0.2) is 17.3 Å². The van der Waals surface area contributed by atoms with Crippen LogP contribution in [0.15, 0.2) is 34.0 Å². The summed E-state index contributed by atoms with van der Waals surface area (Å²) in [5.41, 5.74) is 2.81. The van der Waals surface area contributed by atoms with Gasteiger partial charge in [-0.25, -0.2) is 0 Å². The summed E-state index contributed by atoms with van der Waals surface area (Å²) in [5.74, 6) is 2.00. The number of methoxy groups -OCH3 is 3. The van der Waals surface area contributed by atoms with Crippen molar-refractivity contribution in [1.82, 2.24) is 5.32 Å². The summed E-state index contributed by atoms with van der Waals surface area (Å²) in [7, 11) is 4.69. The van der Waals surface area contributed by atoms with Crippen LogP contribution in [0, 0.1) is 16.7 Å². The van der Waals surface area contributed by atoms with Gasteiger partial charge in [-0.15, -0.1) is 11.8 Å². The summed E-state index contributed by atoms with van der Waals surface area (Å²) < 4.78 is 16.6. The highest BCUT2D eigenvalue weighted by Crippen LogP contribution is 2.50. The molecule has 1 aromatic carbocycles. The highest BCUT2D eigenvalue weighted by Gasteiger charge is 2.42. The minimum absolute atomic E-state index is 0.0767. The molecule has 2 aliphatic rings. The first-order valence-electron chi connectivity index (χ1n) is 10.9. The van der Waals surface area contributed by atoms with Crippen LogP contribution in [0.2, 0.25) is 0 Å². The average molecular weight is 457 g/mol. The predicted molar refractivity (Wildman–Crippen MR) is 127 cm³/mol. The van der Waals surface area contributed by atoms with Gasteiger partial charge in [0.05, 0.1) is 43.9 Å². The number of nitriles is 1. The van der Waals surface area contributed by atoms with E-state index in [4.69, 9.17) is 14.2 Å². The minimum atomic E-state index is -0.474. The van der Waals surface area contributed by atoms with E-state index in [9.17, 15) is 10.1 Å². The molecule has 172 valence electrons. The van der Waals surface area contributed by atoms with Gasteiger partial charge >= 0.3 is 0 Å². The molecule has 0 bridgehead atoms. The van der Waals surface area contributed by atoms with Crippen molar-refractivity contribution in [2.24, 2.45) is 5.41 Å². The first-order chi connectivity index (χ1) is 15.3. The lowest BCUT2D eigenvalue weighted by Crippen LogP contribution is -2.37. The number of dihydropyridines is 1. The molecule has 0 radical (unpaired) electrons.